The SMILES string of the molecule is CN(c1ccc(-c2cccn3nc(N)nc23)cc1)S(C)(=O)=O. The summed E-state index contributed by atoms with van der Waals surface area (Å²) in [6, 6.07) is 11.0. The standard InChI is InChI=1S/C14H15N5O2S/c1-18(22(2,20)21)11-7-5-10(6-8-11)12-4-3-9-19-13(12)16-14(15)17-19/h3-9H,1-2H3,(H2,15,17). The van der Waals surface area contributed by atoms with E-state index < -0.39 is 10.0 Å². The molecule has 0 amide bonds. The number of benzene rings is 1. The molecule has 114 valence electrons. The maximum Gasteiger partial charge on any atom is 0.240 e. The molecular formula is C14H15N5O2S. The number of anilines is 2. The van der Waals surface area contributed by atoms with Crippen LogP contribution >= 0.6 is 0 Å². The molecule has 0 spiro atoms. The Hall–Kier alpha value is -2.61. The van der Waals surface area contributed by atoms with Crippen LogP contribution in [0.5, 0.6) is 0 Å². The Morgan fingerprint density at radius 3 is 2.50 bits per heavy atom. The summed E-state index contributed by atoms with van der Waals surface area (Å²) < 4.78 is 26.0. The van der Waals surface area contributed by atoms with Crippen LogP contribution in [0, 0.1) is 0 Å². The number of nitrogen functional groups attached to an aromatic ring is 1. The zero-order chi connectivity index (χ0) is 15.9. The minimum absolute atomic E-state index is 0.209. The topological polar surface area (TPSA) is 93.6 Å². The van der Waals surface area contributed by atoms with Gasteiger partial charge in [0.2, 0.25) is 16.0 Å². The van der Waals surface area contributed by atoms with E-state index in [-0.39, 0.29) is 5.95 Å². The quantitative estimate of drug-likeness (QED) is 0.787. The molecule has 0 radical (unpaired) electrons. The van der Waals surface area contributed by atoms with Gasteiger partial charge in [-0.3, -0.25) is 4.31 Å². The highest BCUT2D eigenvalue weighted by Crippen LogP contribution is 2.26. The van der Waals surface area contributed by atoms with Crippen molar-refractivity contribution in [2.75, 3.05) is 23.3 Å². The molecule has 1 aromatic carbocycles. The second kappa shape index (κ2) is 4.99. The minimum Gasteiger partial charge on any atom is -0.366 e. The van der Waals surface area contributed by atoms with E-state index in [9.17, 15) is 8.42 Å². The summed E-state index contributed by atoms with van der Waals surface area (Å²) in [5, 5.41) is 4.07. The fourth-order valence-corrected chi connectivity index (χ4v) is 2.70. The second-order valence-electron chi connectivity index (χ2n) is 4.94. The number of aromatic nitrogens is 3. The van der Waals surface area contributed by atoms with E-state index in [2.05, 4.69) is 10.1 Å². The van der Waals surface area contributed by atoms with Gasteiger partial charge in [-0.05, 0) is 29.8 Å². The van der Waals surface area contributed by atoms with Crippen molar-refractivity contribution in [1.82, 2.24) is 14.6 Å². The lowest BCUT2D eigenvalue weighted by Gasteiger charge is -2.16. The van der Waals surface area contributed by atoms with E-state index in [1.54, 1.807) is 22.8 Å². The van der Waals surface area contributed by atoms with Crippen molar-refractivity contribution in [3.63, 3.8) is 0 Å². The summed E-state index contributed by atoms with van der Waals surface area (Å²) >= 11 is 0. The third-order valence-corrected chi connectivity index (χ3v) is 4.62. The molecule has 0 bridgehead atoms. The third-order valence-electron chi connectivity index (χ3n) is 3.42. The number of hydrogen-bond acceptors (Lipinski definition) is 5. The average molecular weight is 317 g/mol. The Morgan fingerprint density at radius 2 is 1.86 bits per heavy atom. The molecule has 3 rings (SSSR count). The summed E-state index contributed by atoms with van der Waals surface area (Å²) in [5.74, 6) is 0.209. The largest absolute Gasteiger partial charge is 0.366 e. The monoisotopic (exact) mass is 317 g/mol. The molecule has 0 unspecified atom stereocenters. The van der Waals surface area contributed by atoms with Crippen LogP contribution < -0.4 is 10.0 Å². The predicted molar refractivity (Wildman–Crippen MR) is 86.1 cm³/mol. The van der Waals surface area contributed by atoms with Crippen LogP contribution in [0.25, 0.3) is 16.8 Å². The smallest absolute Gasteiger partial charge is 0.240 e. The molecule has 0 aliphatic heterocycles. The van der Waals surface area contributed by atoms with Gasteiger partial charge in [0.05, 0.1) is 11.9 Å². The summed E-state index contributed by atoms with van der Waals surface area (Å²) in [5.41, 5.74) is 8.67. The molecule has 0 fully saturated rings. The van der Waals surface area contributed by atoms with Crippen molar-refractivity contribution in [2.45, 2.75) is 0 Å². The Morgan fingerprint density at radius 1 is 1.18 bits per heavy atom. The van der Waals surface area contributed by atoms with E-state index in [1.165, 1.54) is 17.6 Å². The lowest BCUT2D eigenvalue weighted by molar-refractivity contribution is 0.600. The van der Waals surface area contributed by atoms with Crippen LogP contribution in [-0.2, 0) is 10.0 Å². The number of nitrogens with zero attached hydrogens (tertiary/aromatic N) is 4. The zero-order valence-corrected chi connectivity index (χ0v) is 12.9. The predicted octanol–water partition coefficient (Wildman–Crippen LogP) is 1.37. The maximum atomic E-state index is 11.6. The van der Waals surface area contributed by atoms with Crippen LogP contribution in [0.2, 0.25) is 0 Å². The Balaban J connectivity index is 2.05. The first-order valence-corrected chi connectivity index (χ1v) is 8.36. The Labute approximate surface area is 128 Å². The molecule has 22 heavy (non-hydrogen) atoms. The number of nitrogens with two attached hydrogens (primary N) is 1. The van der Waals surface area contributed by atoms with Crippen LogP contribution in [0.1, 0.15) is 0 Å². The molecule has 2 aromatic heterocycles. The molecule has 2 heterocycles. The van der Waals surface area contributed by atoms with Crippen LogP contribution in [0.3, 0.4) is 0 Å². The molecule has 0 aliphatic rings. The van der Waals surface area contributed by atoms with Gasteiger partial charge in [-0.25, -0.2) is 12.9 Å². The lowest BCUT2D eigenvalue weighted by atomic mass is 10.1. The highest BCUT2D eigenvalue weighted by atomic mass is 32.2. The summed E-state index contributed by atoms with van der Waals surface area (Å²) in [4.78, 5) is 4.21. The fourth-order valence-electron chi connectivity index (χ4n) is 2.19. The molecule has 0 saturated heterocycles. The normalized spacial score (nSPS) is 11.7. The van der Waals surface area contributed by atoms with Gasteiger partial charge in [0.25, 0.3) is 0 Å². The summed E-state index contributed by atoms with van der Waals surface area (Å²) in [7, 11) is -1.76. The van der Waals surface area contributed by atoms with Gasteiger partial charge in [0.15, 0.2) is 5.65 Å². The molecule has 8 heteroatoms. The summed E-state index contributed by atoms with van der Waals surface area (Å²) in [6.45, 7) is 0. The van der Waals surface area contributed by atoms with E-state index in [0.717, 1.165) is 11.1 Å². The molecule has 0 aliphatic carbocycles. The van der Waals surface area contributed by atoms with E-state index in [0.29, 0.717) is 11.3 Å². The molecule has 0 atom stereocenters. The van der Waals surface area contributed by atoms with E-state index in [1.807, 2.05) is 24.3 Å². The van der Waals surface area contributed by atoms with Crippen LogP contribution in [-0.4, -0.2) is 36.3 Å². The van der Waals surface area contributed by atoms with Gasteiger partial charge < -0.3 is 5.73 Å². The maximum absolute atomic E-state index is 11.6. The lowest BCUT2D eigenvalue weighted by Crippen LogP contribution is -2.24. The van der Waals surface area contributed by atoms with Crippen molar-refractivity contribution in [2.24, 2.45) is 0 Å². The number of fused-ring (bicyclic) bond motifs is 1. The number of pyridine rings is 1. The van der Waals surface area contributed by atoms with Gasteiger partial charge in [0.1, 0.15) is 0 Å². The number of hydrogen-bond donors (Lipinski definition) is 1. The van der Waals surface area contributed by atoms with Crippen molar-refractivity contribution < 1.29 is 8.42 Å². The van der Waals surface area contributed by atoms with Crippen molar-refractivity contribution >= 4 is 27.3 Å². The molecule has 2 N–H and O–H groups in total. The van der Waals surface area contributed by atoms with Gasteiger partial charge in [0, 0.05) is 18.8 Å². The molecular weight excluding hydrogens is 302 g/mol. The van der Waals surface area contributed by atoms with Crippen LogP contribution in [0.4, 0.5) is 11.6 Å². The second-order valence-corrected chi connectivity index (χ2v) is 6.95. The Bertz CT molecular complexity index is 932. The van der Waals surface area contributed by atoms with E-state index in [4.69, 9.17) is 5.73 Å². The number of rotatable bonds is 3. The van der Waals surface area contributed by atoms with Gasteiger partial charge in [-0.1, -0.05) is 12.1 Å². The van der Waals surface area contributed by atoms with Gasteiger partial charge in [-0.15, -0.1) is 5.10 Å². The highest BCUT2D eigenvalue weighted by Gasteiger charge is 2.13. The van der Waals surface area contributed by atoms with Crippen molar-refractivity contribution in [3.05, 3.63) is 42.6 Å². The van der Waals surface area contributed by atoms with Gasteiger partial charge in [-0.2, -0.15) is 4.98 Å². The Kier molecular flexibility index (Phi) is 3.25. The molecule has 0 saturated carbocycles. The summed E-state index contributed by atoms with van der Waals surface area (Å²) in [6.07, 6.45) is 2.94. The first kappa shape index (κ1) is 14.3. The zero-order valence-electron chi connectivity index (χ0n) is 12.1. The first-order chi connectivity index (χ1) is 10.4. The highest BCUT2D eigenvalue weighted by molar-refractivity contribution is 7.92. The first-order valence-electron chi connectivity index (χ1n) is 6.51. The third kappa shape index (κ3) is 2.48. The number of sulfonamides is 1. The average Bonchev–Trinajstić information content (AvgIpc) is 2.85. The van der Waals surface area contributed by atoms with Crippen LogP contribution in [0.15, 0.2) is 42.6 Å². The minimum atomic E-state index is -3.27. The van der Waals surface area contributed by atoms with E-state index >= 15 is 0 Å². The molecule has 3 aromatic rings. The van der Waals surface area contributed by atoms with Gasteiger partial charge >= 0.3 is 0 Å². The van der Waals surface area contributed by atoms with Crippen molar-refractivity contribution in [1.29, 1.82) is 0 Å². The fraction of sp³-hybridized carbons (Fsp3) is 0.143. The molecule has 7 nitrogen and oxygen atoms in total. The van der Waals surface area contributed by atoms with Crippen molar-refractivity contribution in [3.8, 4) is 11.1 Å².